The van der Waals surface area contributed by atoms with E-state index in [0.29, 0.717) is 5.56 Å². The molecule has 0 fully saturated rings. The summed E-state index contributed by atoms with van der Waals surface area (Å²) in [4.78, 5) is 11.2. The van der Waals surface area contributed by atoms with Crippen molar-refractivity contribution < 1.29 is 41.0 Å². The topological polar surface area (TPSA) is 58.6 Å². The van der Waals surface area contributed by atoms with Crippen molar-refractivity contribution in [3.63, 3.8) is 0 Å². The van der Waals surface area contributed by atoms with Crippen LogP contribution in [-0.4, -0.2) is 35.7 Å². The van der Waals surface area contributed by atoms with Gasteiger partial charge >= 0.3 is 18.4 Å². The van der Waals surface area contributed by atoms with E-state index >= 15 is 0 Å². The molecular formula is C13H13F6NO3. The van der Waals surface area contributed by atoms with Gasteiger partial charge in [-0.3, -0.25) is 0 Å². The average molecular weight is 345 g/mol. The summed E-state index contributed by atoms with van der Waals surface area (Å²) in [5.41, 5.74) is -4.31. The first-order chi connectivity index (χ1) is 10.5. The molecule has 1 aromatic rings. The van der Waals surface area contributed by atoms with Crippen molar-refractivity contribution in [3.05, 3.63) is 35.9 Å². The number of rotatable bonds is 5. The van der Waals surface area contributed by atoms with Crippen molar-refractivity contribution >= 4 is 6.09 Å². The van der Waals surface area contributed by atoms with E-state index in [0.717, 1.165) is 0 Å². The van der Waals surface area contributed by atoms with Crippen LogP contribution in [0.5, 0.6) is 0 Å². The van der Waals surface area contributed by atoms with E-state index < -0.39 is 37.0 Å². The number of amides is 1. The summed E-state index contributed by atoms with van der Waals surface area (Å²) < 4.78 is 78.9. The molecule has 1 amide bonds. The van der Waals surface area contributed by atoms with Crippen LogP contribution in [0.2, 0.25) is 0 Å². The molecule has 0 aromatic heterocycles. The van der Waals surface area contributed by atoms with Crippen LogP contribution in [0.3, 0.4) is 0 Å². The highest BCUT2D eigenvalue weighted by Gasteiger charge is 2.69. The minimum absolute atomic E-state index is 0.199. The zero-order valence-electron chi connectivity index (χ0n) is 11.5. The summed E-state index contributed by atoms with van der Waals surface area (Å²) in [6, 6.07) is 8.24. The number of halogens is 6. The van der Waals surface area contributed by atoms with Crippen LogP contribution in [0.4, 0.5) is 31.1 Å². The number of carbonyl (C=O) groups excluding carboxylic acids is 1. The Morgan fingerprint density at radius 2 is 1.57 bits per heavy atom. The van der Waals surface area contributed by atoms with Crippen molar-refractivity contribution in [2.24, 2.45) is 0 Å². The first-order valence-corrected chi connectivity index (χ1v) is 6.28. The highest BCUT2D eigenvalue weighted by molar-refractivity contribution is 5.67. The minimum Gasteiger partial charge on any atom is -0.445 e. The number of alkyl carbamates (subject to hydrolysis) is 1. The van der Waals surface area contributed by atoms with Crippen LogP contribution in [0, 0.1) is 0 Å². The Labute approximate surface area is 127 Å². The molecular weight excluding hydrogens is 332 g/mol. The molecule has 0 heterocycles. The molecule has 130 valence electrons. The SMILES string of the molecule is O=C(NCCC(O)(C(F)(F)F)C(F)(F)F)OCc1ccccc1. The average Bonchev–Trinajstić information content (AvgIpc) is 2.43. The zero-order valence-corrected chi connectivity index (χ0v) is 11.5. The van der Waals surface area contributed by atoms with Gasteiger partial charge in [0.15, 0.2) is 0 Å². The van der Waals surface area contributed by atoms with Crippen LogP contribution >= 0.6 is 0 Å². The molecule has 0 saturated heterocycles. The van der Waals surface area contributed by atoms with Gasteiger partial charge in [-0.25, -0.2) is 4.79 Å². The van der Waals surface area contributed by atoms with Crippen LogP contribution in [-0.2, 0) is 11.3 Å². The molecule has 0 saturated carbocycles. The van der Waals surface area contributed by atoms with Gasteiger partial charge in [-0.15, -0.1) is 0 Å². The lowest BCUT2D eigenvalue weighted by Crippen LogP contribution is -2.58. The summed E-state index contributed by atoms with van der Waals surface area (Å²) in [5.74, 6) is 0. The van der Waals surface area contributed by atoms with Gasteiger partial charge in [0.25, 0.3) is 5.60 Å². The quantitative estimate of drug-likeness (QED) is 0.806. The molecule has 0 radical (unpaired) electrons. The van der Waals surface area contributed by atoms with Gasteiger partial charge in [0, 0.05) is 13.0 Å². The van der Waals surface area contributed by atoms with E-state index in [2.05, 4.69) is 4.74 Å². The fraction of sp³-hybridized carbons (Fsp3) is 0.462. The number of hydrogen-bond donors (Lipinski definition) is 2. The van der Waals surface area contributed by atoms with Gasteiger partial charge < -0.3 is 15.2 Å². The van der Waals surface area contributed by atoms with Gasteiger partial charge in [-0.1, -0.05) is 30.3 Å². The second-order valence-corrected chi connectivity index (χ2v) is 4.59. The first kappa shape index (κ1) is 19.1. The molecule has 0 spiro atoms. The number of nitrogens with one attached hydrogen (secondary N) is 1. The second-order valence-electron chi connectivity index (χ2n) is 4.59. The van der Waals surface area contributed by atoms with Gasteiger partial charge in [-0.05, 0) is 5.56 Å². The Balaban J connectivity index is 2.49. The Kier molecular flexibility index (Phi) is 5.86. The maximum atomic E-state index is 12.4. The number of hydrogen-bond acceptors (Lipinski definition) is 3. The standard InChI is InChI=1S/C13H13F6NO3/c14-12(15,16)11(22,13(17,18)19)6-7-20-10(21)23-8-9-4-2-1-3-5-9/h1-5,22H,6-8H2,(H,20,21). The van der Waals surface area contributed by atoms with E-state index in [9.17, 15) is 31.1 Å². The summed E-state index contributed by atoms with van der Waals surface area (Å²) >= 11 is 0. The molecule has 0 atom stereocenters. The number of carbonyl (C=O) groups is 1. The van der Waals surface area contributed by atoms with E-state index in [1.807, 2.05) is 0 Å². The van der Waals surface area contributed by atoms with Crippen LogP contribution in [0.15, 0.2) is 30.3 Å². The number of benzene rings is 1. The third-order valence-corrected chi connectivity index (χ3v) is 2.91. The fourth-order valence-electron chi connectivity index (χ4n) is 1.56. The van der Waals surface area contributed by atoms with Crippen LogP contribution < -0.4 is 5.32 Å². The lowest BCUT2D eigenvalue weighted by atomic mass is 9.98. The van der Waals surface area contributed by atoms with E-state index in [1.54, 1.807) is 35.6 Å². The number of ether oxygens (including phenoxy) is 1. The second kappa shape index (κ2) is 7.07. The molecule has 0 bridgehead atoms. The zero-order chi connectivity index (χ0) is 17.7. The predicted molar refractivity (Wildman–Crippen MR) is 66.3 cm³/mol. The monoisotopic (exact) mass is 345 g/mol. The maximum Gasteiger partial charge on any atom is 0.426 e. The number of alkyl halides is 6. The maximum absolute atomic E-state index is 12.4. The lowest BCUT2D eigenvalue weighted by molar-refractivity contribution is -0.369. The van der Waals surface area contributed by atoms with E-state index in [4.69, 9.17) is 5.11 Å². The first-order valence-electron chi connectivity index (χ1n) is 6.28. The molecule has 0 aliphatic carbocycles. The van der Waals surface area contributed by atoms with Gasteiger partial charge in [0.2, 0.25) is 0 Å². The Hall–Kier alpha value is -1.97. The predicted octanol–water partition coefficient (Wildman–Crippen LogP) is 3.16. The van der Waals surface area contributed by atoms with Crippen molar-refractivity contribution in [2.75, 3.05) is 6.54 Å². The molecule has 2 N–H and O–H groups in total. The fourth-order valence-corrected chi connectivity index (χ4v) is 1.56. The molecule has 1 rings (SSSR count). The van der Waals surface area contributed by atoms with E-state index in [1.165, 1.54) is 0 Å². The smallest absolute Gasteiger partial charge is 0.426 e. The van der Waals surface area contributed by atoms with E-state index in [-0.39, 0.29) is 6.61 Å². The van der Waals surface area contributed by atoms with Crippen molar-refractivity contribution in [1.82, 2.24) is 5.32 Å². The molecule has 10 heteroatoms. The summed E-state index contributed by atoms with van der Waals surface area (Å²) in [5, 5.41) is 10.6. The van der Waals surface area contributed by atoms with Crippen molar-refractivity contribution in [2.45, 2.75) is 31.0 Å². The third kappa shape index (κ3) is 5.02. The highest BCUT2D eigenvalue weighted by atomic mass is 19.4. The highest BCUT2D eigenvalue weighted by Crippen LogP contribution is 2.44. The largest absolute Gasteiger partial charge is 0.445 e. The van der Waals surface area contributed by atoms with Gasteiger partial charge in [0.1, 0.15) is 6.61 Å². The summed E-state index contributed by atoms with van der Waals surface area (Å²) in [6.45, 7) is -1.27. The summed E-state index contributed by atoms with van der Waals surface area (Å²) in [6.07, 6.45) is -14.8. The van der Waals surface area contributed by atoms with Crippen molar-refractivity contribution in [3.8, 4) is 0 Å². The van der Waals surface area contributed by atoms with Crippen molar-refractivity contribution in [1.29, 1.82) is 0 Å². The van der Waals surface area contributed by atoms with Crippen LogP contribution in [0.1, 0.15) is 12.0 Å². The molecule has 1 aromatic carbocycles. The van der Waals surface area contributed by atoms with Gasteiger partial charge in [0.05, 0.1) is 0 Å². The normalized spacial score (nSPS) is 12.8. The number of aliphatic hydroxyl groups is 1. The molecule has 0 aliphatic heterocycles. The lowest BCUT2D eigenvalue weighted by Gasteiger charge is -2.32. The molecule has 4 nitrogen and oxygen atoms in total. The van der Waals surface area contributed by atoms with Gasteiger partial charge in [-0.2, -0.15) is 26.3 Å². The van der Waals surface area contributed by atoms with Crippen LogP contribution in [0.25, 0.3) is 0 Å². The molecule has 23 heavy (non-hydrogen) atoms. The minimum atomic E-state index is -5.92. The summed E-state index contributed by atoms with van der Waals surface area (Å²) in [7, 11) is 0. The Bertz CT molecular complexity index is 501. The molecule has 0 aliphatic rings. The Morgan fingerprint density at radius 3 is 2.04 bits per heavy atom. The third-order valence-electron chi connectivity index (χ3n) is 2.91. The molecule has 0 unspecified atom stereocenters. The Morgan fingerprint density at radius 1 is 1.04 bits per heavy atom.